The minimum Gasteiger partial charge on any atom is -0.322 e. The predicted octanol–water partition coefficient (Wildman–Crippen LogP) is 5.46. The second-order valence-electron chi connectivity index (χ2n) is 6.03. The fourth-order valence-electron chi connectivity index (χ4n) is 2.57. The van der Waals surface area contributed by atoms with E-state index in [4.69, 9.17) is 11.6 Å². The molecule has 3 rings (SSSR count). The van der Waals surface area contributed by atoms with Crippen molar-refractivity contribution < 1.29 is 13.2 Å². The van der Waals surface area contributed by atoms with Crippen molar-refractivity contribution in [3.63, 3.8) is 0 Å². The maximum atomic E-state index is 12.8. The lowest BCUT2D eigenvalue weighted by Crippen LogP contribution is -2.16. The number of rotatable bonds is 5. The summed E-state index contributed by atoms with van der Waals surface area (Å²) in [6.07, 6.45) is 0. The summed E-state index contributed by atoms with van der Waals surface area (Å²) in [5.41, 5.74) is 1.73. The van der Waals surface area contributed by atoms with Gasteiger partial charge in [0.2, 0.25) is 0 Å². The fraction of sp³-hybridized carbons (Fsp3) is 0.0500. The molecule has 28 heavy (non-hydrogen) atoms. The van der Waals surface area contributed by atoms with Crippen LogP contribution < -0.4 is 10.0 Å². The number of hydrogen-bond donors (Lipinski definition) is 2. The van der Waals surface area contributed by atoms with E-state index in [0.717, 1.165) is 0 Å². The molecular weight excluding hydrogens is 464 g/mol. The number of hydrogen-bond acceptors (Lipinski definition) is 3. The lowest BCUT2D eigenvalue weighted by atomic mass is 10.2. The molecule has 3 aromatic carbocycles. The van der Waals surface area contributed by atoms with Crippen LogP contribution in [0.25, 0.3) is 0 Å². The molecule has 144 valence electrons. The van der Waals surface area contributed by atoms with Crippen molar-refractivity contribution in [1.82, 2.24) is 0 Å². The number of nitrogens with one attached hydrogen (secondary N) is 2. The Morgan fingerprint density at radius 2 is 1.71 bits per heavy atom. The number of sulfonamides is 1. The molecule has 0 unspecified atom stereocenters. The van der Waals surface area contributed by atoms with Crippen molar-refractivity contribution in [2.75, 3.05) is 10.0 Å². The van der Waals surface area contributed by atoms with Gasteiger partial charge in [0.15, 0.2) is 0 Å². The number of benzene rings is 3. The molecule has 0 aliphatic carbocycles. The number of carbonyl (C=O) groups is 1. The quantitative estimate of drug-likeness (QED) is 0.510. The number of amides is 1. The van der Waals surface area contributed by atoms with E-state index in [1.54, 1.807) is 61.5 Å². The van der Waals surface area contributed by atoms with Gasteiger partial charge in [0.05, 0.1) is 16.1 Å². The Balaban J connectivity index is 1.89. The van der Waals surface area contributed by atoms with Gasteiger partial charge >= 0.3 is 0 Å². The summed E-state index contributed by atoms with van der Waals surface area (Å²) >= 11 is 9.25. The van der Waals surface area contributed by atoms with Gasteiger partial charge in [0.25, 0.3) is 15.9 Å². The molecule has 0 aliphatic rings. The van der Waals surface area contributed by atoms with E-state index in [1.807, 2.05) is 0 Å². The first-order valence-corrected chi connectivity index (χ1v) is 10.9. The van der Waals surface area contributed by atoms with Crippen LogP contribution in [0.15, 0.2) is 76.1 Å². The topological polar surface area (TPSA) is 75.3 Å². The lowest BCUT2D eigenvalue weighted by Gasteiger charge is -2.13. The van der Waals surface area contributed by atoms with Crippen LogP contribution in [-0.4, -0.2) is 14.3 Å². The van der Waals surface area contributed by atoms with Crippen molar-refractivity contribution in [2.45, 2.75) is 11.8 Å². The molecule has 0 spiro atoms. The zero-order chi connectivity index (χ0) is 20.3. The van der Waals surface area contributed by atoms with E-state index >= 15 is 0 Å². The predicted molar refractivity (Wildman–Crippen MR) is 116 cm³/mol. The lowest BCUT2D eigenvalue weighted by molar-refractivity contribution is 0.102. The zero-order valence-electron chi connectivity index (χ0n) is 14.7. The van der Waals surface area contributed by atoms with Gasteiger partial charge in [-0.05, 0) is 70.9 Å². The minimum atomic E-state index is -3.86. The third-order valence-electron chi connectivity index (χ3n) is 3.93. The molecule has 0 bridgehead atoms. The summed E-state index contributed by atoms with van der Waals surface area (Å²) in [6.45, 7) is 1.69. The van der Waals surface area contributed by atoms with Gasteiger partial charge in [-0.3, -0.25) is 9.52 Å². The van der Waals surface area contributed by atoms with Crippen molar-refractivity contribution in [1.29, 1.82) is 0 Å². The molecule has 0 radical (unpaired) electrons. The Kier molecular flexibility index (Phi) is 6.07. The van der Waals surface area contributed by atoms with E-state index < -0.39 is 10.0 Å². The van der Waals surface area contributed by atoms with E-state index in [1.165, 1.54) is 12.1 Å². The van der Waals surface area contributed by atoms with Crippen LogP contribution in [-0.2, 0) is 10.0 Å². The van der Waals surface area contributed by atoms with Gasteiger partial charge in [-0.1, -0.05) is 35.9 Å². The van der Waals surface area contributed by atoms with E-state index in [9.17, 15) is 13.2 Å². The second kappa shape index (κ2) is 8.34. The molecule has 1 amide bonds. The van der Waals surface area contributed by atoms with Crippen molar-refractivity contribution in [2.24, 2.45) is 0 Å². The average molecular weight is 480 g/mol. The summed E-state index contributed by atoms with van der Waals surface area (Å²) in [5, 5.41) is 3.15. The van der Waals surface area contributed by atoms with E-state index in [2.05, 4.69) is 26.0 Å². The van der Waals surface area contributed by atoms with Crippen LogP contribution in [0, 0.1) is 6.92 Å². The van der Waals surface area contributed by atoms with Gasteiger partial charge in [-0.25, -0.2) is 8.42 Å². The average Bonchev–Trinajstić information content (AvgIpc) is 2.63. The smallest absolute Gasteiger partial charge is 0.262 e. The Morgan fingerprint density at radius 3 is 2.43 bits per heavy atom. The Bertz CT molecular complexity index is 1150. The maximum Gasteiger partial charge on any atom is 0.262 e. The Morgan fingerprint density at radius 1 is 0.964 bits per heavy atom. The first-order valence-electron chi connectivity index (χ1n) is 8.21. The monoisotopic (exact) mass is 478 g/mol. The largest absolute Gasteiger partial charge is 0.322 e. The van der Waals surface area contributed by atoms with Crippen LogP contribution in [0.3, 0.4) is 0 Å². The molecule has 0 heterocycles. The molecule has 0 aromatic heterocycles. The number of halogens is 2. The standard InChI is InChI=1S/C20H16BrClN2O3S/c1-13-9-10-15(23-20(25)17-7-2-3-8-18(17)21)12-19(13)28(26,27)24-16-6-4-5-14(22)11-16/h2-12,24H,1H3,(H,23,25). The van der Waals surface area contributed by atoms with Crippen LogP contribution >= 0.6 is 27.5 Å². The van der Waals surface area contributed by atoms with E-state index in [-0.39, 0.29) is 10.8 Å². The minimum absolute atomic E-state index is 0.0670. The molecule has 5 nitrogen and oxygen atoms in total. The summed E-state index contributed by atoms with van der Waals surface area (Å²) < 4.78 is 28.8. The van der Waals surface area contributed by atoms with E-state index in [0.29, 0.717) is 32.0 Å². The van der Waals surface area contributed by atoms with Gasteiger partial charge in [0.1, 0.15) is 0 Å². The van der Waals surface area contributed by atoms with Crippen LogP contribution in [0.5, 0.6) is 0 Å². The molecule has 0 aliphatic heterocycles. The summed E-state index contributed by atoms with van der Waals surface area (Å²) in [7, 11) is -3.86. The molecule has 0 atom stereocenters. The summed E-state index contributed by atoms with van der Waals surface area (Å²) in [6, 6.07) is 18.1. The molecular formula is C20H16BrClN2O3S. The van der Waals surface area contributed by atoms with Crippen molar-refractivity contribution >= 4 is 54.8 Å². The zero-order valence-corrected chi connectivity index (χ0v) is 17.9. The third-order valence-corrected chi connectivity index (χ3v) is 6.38. The van der Waals surface area contributed by atoms with Crippen molar-refractivity contribution in [3.05, 3.63) is 87.4 Å². The molecule has 3 aromatic rings. The summed E-state index contributed by atoms with van der Waals surface area (Å²) in [4.78, 5) is 12.6. The van der Waals surface area contributed by atoms with Crippen LogP contribution in [0.4, 0.5) is 11.4 Å². The van der Waals surface area contributed by atoms with Gasteiger partial charge in [-0.2, -0.15) is 0 Å². The molecule has 0 saturated heterocycles. The van der Waals surface area contributed by atoms with Gasteiger partial charge < -0.3 is 5.32 Å². The highest BCUT2D eigenvalue weighted by Gasteiger charge is 2.19. The van der Waals surface area contributed by atoms with Crippen LogP contribution in [0.2, 0.25) is 5.02 Å². The number of anilines is 2. The second-order valence-corrected chi connectivity index (χ2v) is 8.97. The number of aryl methyl sites for hydroxylation is 1. The molecule has 2 N–H and O–H groups in total. The maximum absolute atomic E-state index is 12.8. The van der Waals surface area contributed by atoms with Gasteiger partial charge in [0, 0.05) is 15.2 Å². The van der Waals surface area contributed by atoms with Gasteiger partial charge in [-0.15, -0.1) is 0 Å². The fourth-order valence-corrected chi connectivity index (χ4v) is 4.55. The Labute approximate surface area is 176 Å². The molecule has 0 saturated carbocycles. The Hall–Kier alpha value is -2.35. The highest BCUT2D eigenvalue weighted by atomic mass is 79.9. The van der Waals surface area contributed by atoms with Crippen LogP contribution in [0.1, 0.15) is 15.9 Å². The normalized spacial score (nSPS) is 11.1. The molecule has 0 fully saturated rings. The highest BCUT2D eigenvalue weighted by Crippen LogP contribution is 2.25. The summed E-state index contributed by atoms with van der Waals surface area (Å²) in [5.74, 6) is -0.345. The number of carbonyl (C=O) groups excluding carboxylic acids is 1. The SMILES string of the molecule is Cc1ccc(NC(=O)c2ccccc2Br)cc1S(=O)(=O)Nc1cccc(Cl)c1. The first-order chi connectivity index (χ1) is 13.3. The highest BCUT2D eigenvalue weighted by molar-refractivity contribution is 9.10. The molecule has 8 heteroatoms. The first kappa shape index (κ1) is 20.4. The third kappa shape index (κ3) is 4.73. The van der Waals surface area contributed by atoms with Crippen molar-refractivity contribution in [3.8, 4) is 0 Å².